The fourth-order valence-corrected chi connectivity index (χ4v) is 5.09. The second kappa shape index (κ2) is 14.7. The first-order chi connectivity index (χ1) is 16.7. The van der Waals surface area contributed by atoms with E-state index in [0.29, 0.717) is 13.0 Å². The van der Waals surface area contributed by atoms with Crippen LogP contribution in [0, 0.1) is 0 Å². The molecule has 1 unspecified atom stereocenters. The Morgan fingerprint density at radius 3 is 2.38 bits per heavy atom. The molecule has 0 fully saturated rings. The number of benzene rings is 2. The van der Waals surface area contributed by atoms with Crippen molar-refractivity contribution in [2.75, 3.05) is 5.75 Å². The molecule has 0 saturated carbocycles. The molecule has 0 aliphatic rings. The van der Waals surface area contributed by atoms with Crippen LogP contribution < -0.4 is 4.74 Å². The predicted octanol–water partition coefficient (Wildman–Crippen LogP) is 7.68. The summed E-state index contributed by atoms with van der Waals surface area (Å²) in [5.41, 5.74) is 3.02. The number of pyridine rings is 1. The molecule has 0 bridgehead atoms. The highest BCUT2D eigenvalue weighted by atomic mass is 32.2. The van der Waals surface area contributed by atoms with Gasteiger partial charge in [0.15, 0.2) is 0 Å². The molecule has 3 aromatic rings. The van der Waals surface area contributed by atoms with Crippen molar-refractivity contribution in [3.63, 3.8) is 0 Å². The van der Waals surface area contributed by atoms with E-state index in [4.69, 9.17) is 4.74 Å². The van der Waals surface area contributed by atoms with Gasteiger partial charge >= 0.3 is 5.97 Å². The van der Waals surface area contributed by atoms with Gasteiger partial charge in [-0.3, -0.25) is 9.78 Å². The Labute approximate surface area is 208 Å². The Kier molecular flexibility index (Phi) is 11.3. The first-order valence-corrected chi connectivity index (χ1v) is 13.6. The molecule has 1 atom stereocenters. The SMILES string of the molecule is CCCCCCCCCCSC(Cc1ccc(OCc2cnc3ccccc3c2)cc1)C(=O)O. The highest BCUT2D eigenvalue weighted by molar-refractivity contribution is 8.00. The lowest BCUT2D eigenvalue weighted by Gasteiger charge is -2.13. The third kappa shape index (κ3) is 9.02. The third-order valence-electron chi connectivity index (χ3n) is 5.99. The lowest BCUT2D eigenvalue weighted by atomic mass is 10.1. The molecule has 2 aromatic carbocycles. The second-order valence-electron chi connectivity index (χ2n) is 8.85. The van der Waals surface area contributed by atoms with Gasteiger partial charge in [-0.2, -0.15) is 0 Å². The van der Waals surface area contributed by atoms with Crippen molar-refractivity contribution >= 4 is 28.6 Å². The Balaban J connectivity index is 1.39. The zero-order valence-corrected chi connectivity index (χ0v) is 21.1. The van der Waals surface area contributed by atoms with Gasteiger partial charge in [-0.05, 0) is 48.4 Å². The lowest BCUT2D eigenvalue weighted by molar-refractivity contribution is -0.136. The summed E-state index contributed by atoms with van der Waals surface area (Å²) in [4.78, 5) is 16.2. The maximum atomic E-state index is 11.7. The quantitative estimate of drug-likeness (QED) is 0.213. The number of hydrogen-bond acceptors (Lipinski definition) is 4. The van der Waals surface area contributed by atoms with Gasteiger partial charge in [-0.25, -0.2) is 0 Å². The minimum absolute atomic E-state index is 0.403. The number of aliphatic carboxylic acids is 1. The van der Waals surface area contributed by atoms with Crippen LogP contribution in [-0.4, -0.2) is 27.1 Å². The number of para-hydroxylation sites is 1. The average Bonchev–Trinajstić information content (AvgIpc) is 2.86. The largest absolute Gasteiger partial charge is 0.489 e. The highest BCUT2D eigenvalue weighted by Gasteiger charge is 2.18. The number of nitrogens with zero attached hydrogens (tertiary/aromatic N) is 1. The fourth-order valence-electron chi connectivity index (χ4n) is 3.98. The van der Waals surface area contributed by atoms with E-state index < -0.39 is 11.2 Å². The van der Waals surface area contributed by atoms with Gasteiger partial charge in [0.2, 0.25) is 0 Å². The summed E-state index contributed by atoms with van der Waals surface area (Å²) in [6.45, 7) is 2.69. The van der Waals surface area contributed by atoms with E-state index in [2.05, 4.69) is 18.0 Å². The van der Waals surface area contributed by atoms with E-state index in [9.17, 15) is 9.90 Å². The van der Waals surface area contributed by atoms with Gasteiger partial charge in [-0.15, -0.1) is 11.8 Å². The van der Waals surface area contributed by atoms with E-state index in [1.54, 1.807) is 11.8 Å². The van der Waals surface area contributed by atoms with Crippen LogP contribution in [0.25, 0.3) is 10.9 Å². The fraction of sp³-hybridized carbons (Fsp3) is 0.448. The van der Waals surface area contributed by atoms with Crippen molar-refractivity contribution in [1.29, 1.82) is 0 Å². The van der Waals surface area contributed by atoms with Crippen LogP contribution in [0.2, 0.25) is 0 Å². The number of carboxylic acids is 1. The molecule has 34 heavy (non-hydrogen) atoms. The molecule has 1 heterocycles. The van der Waals surface area contributed by atoms with Crippen LogP contribution in [0.15, 0.2) is 60.8 Å². The Morgan fingerprint density at radius 2 is 1.65 bits per heavy atom. The molecule has 0 spiro atoms. The maximum absolute atomic E-state index is 11.7. The number of unbranched alkanes of at least 4 members (excludes halogenated alkanes) is 7. The first kappa shape index (κ1) is 26.1. The summed E-state index contributed by atoms with van der Waals surface area (Å²) >= 11 is 1.57. The van der Waals surface area contributed by atoms with Crippen LogP contribution in [0.3, 0.4) is 0 Å². The van der Waals surface area contributed by atoms with E-state index in [1.165, 1.54) is 44.9 Å². The van der Waals surface area contributed by atoms with Crippen molar-refractivity contribution in [3.05, 3.63) is 71.9 Å². The maximum Gasteiger partial charge on any atom is 0.316 e. The number of fused-ring (bicyclic) bond motifs is 1. The lowest BCUT2D eigenvalue weighted by Crippen LogP contribution is -2.19. The minimum Gasteiger partial charge on any atom is -0.489 e. The molecule has 0 amide bonds. The molecule has 3 rings (SSSR count). The molecule has 4 nitrogen and oxygen atoms in total. The van der Waals surface area contributed by atoms with Crippen molar-refractivity contribution < 1.29 is 14.6 Å². The van der Waals surface area contributed by atoms with Gasteiger partial charge in [0.05, 0.1) is 5.52 Å². The summed E-state index contributed by atoms with van der Waals surface area (Å²) in [6.07, 6.45) is 12.5. The standard InChI is InChI=1S/C29H37NO3S/c1-2-3-4-5-6-7-8-11-18-34-28(29(31)32)20-23-14-16-26(17-15-23)33-22-24-19-25-12-9-10-13-27(25)30-21-24/h9-10,12-17,19,21,28H,2-8,11,18,20,22H2,1H3,(H,31,32). The Hall–Kier alpha value is -2.53. The van der Waals surface area contributed by atoms with Crippen LogP contribution in [-0.2, 0) is 17.8 Å². The summed E-state index contributed by atoms with van der Waals surface area (Å²) < 4.78 is 5.92. The normalized spacial score (nSPS) is 12.0. The van der Waals surface area contributed by atoms with E-state index >= 15 is 0 Å². The van der Waals surface area contributed by atoms with Gasteiger partial charge in [0.1, 0.15) is 17.6 Å². The zero-order chi connectivity index (χ0) is 24.0. The second-order valence-corrected chi connectivity index (χ2v) is 10.2. The number of thioether (sulfide) groups is 1. The van der Waals surface area contributed by atoms with Crippen molar-refractivity contribution in [1.82, 2.24) is 4.98 Å². The summed E-state index contributed by atoms with van der Waals surface area (Å²) in [7, 11) is 0. The number of carbonyl (C=O) groups is 1. The average molecular weight is 480 g/mol. The summed E-state index contributed by atoms with van der Waals surface area (Å²) in [6, 6.07) is 17.9. The molecular weight excluding hydrogens is 442 g/mol. The summed E-state index contributed by atoms with van der Waals surface area (Å²) in [5.74, 6) is 0.955. The molecule has 182 valence electrons. The van der Waals surface area contributed by atoms with E-state index in [-0.39, 0.29) is 0 Å². The topological polar surface area (TPSA) is 59.4 Å². The first-order valence-electron chi connectivity index (χ1n) is 12.6. The Bertz CT molecular complexity index is 1010. The molecule has 5 heteroatoms. The molecule has 1 aromatic heterocycles. The Morgan fingerprint density at radius 1 is 0.941 bits per heavy atom. The molecule has 0 saturated heterocycles. The van der Waals surface area contributed by atoms with Gasteiger partial charge in [-0.1, -0.05) is 82.2 Å². The van der Waals surface area contributed by atoms with Gasteiger partial charge < -0.3 is 9.84 Å². The van der Waals surface area contributed by atoms with Crippen LogP contribution in [0.4, 0.5) is 0 Å². The summed E-state index contributed by atoms with van der Waals surface area (Å²) in [5, 5.41) is 10.3. The third-order valence-corrected chi connectivity index (χ3v) is 7.28. The molecule has 0 aliphatic heterocycles. The van der Waals surface area contributed by atoms with E-state index in [1.807, 2.05) is 54.7 Å². The number of aromatic nitrogens is 1. The molecule has 0 radical (unpaired) electrons. The molecule has 0 aliphatic carbocycles. The van der Waals surface area contributed by atoms with Crippen molar-refractivity contribution in [2.45, 2.75) is 76.6 Å². The van der Waals surface area contributed by atoms with Crippen LogP contribution in [0.5, 0.6) is 5.75 Å². The van der Waals surface area contributed by atoms with Gasteiger partial charge in [0, 0.05) is 17.1 Å². The monoisotopic (exact) mass is 479 g/mol. The van der Waals surface area contributed by atoms with Crippen molar-refractivity contribution in [2.24, 2.45) is 0 Å². The number of rotatable bonds is 16. The molecular formula is C29H37NO3S. The minimum atomic E-state index is -0.728. The molecule has 1 N–H and O–H groups in total. The predicted molar refractivity (Wildman–Crippen MR) is 143 cm³/mol. The zero-order valence-electron chi connectivity index (χ0n) is 20.2. The van der Waals surface area contributed by atoms with Gasteiger partial charge in [0.25, 0.3) is 0 Å². The van der Waals surface area contributed by atoms with Crippen LogP contribution in [0.1, 0.15) is 69.4 Å². The van der Waals surface area contributed by atoms with Crippen LogP contribution >= 0.6 is 11.8 Å². The number of hydrogen-bond donors (Lipinski definition) is 1. The van der Waals surface area contributed by atoms with E-state index in [0.717, 1.165) is 40.0 Å². The highest BCUT2D eigenvalue weighted by Crippen LogP contribution is 2.22. The number of carboxylic acid groups (broad SMARTS) is 1. The number of ether oxygens (including phenoxy) is 1. The van der Waals surface area contributed by atoms with Crippen molar-refractivity contribution in [3.8, 4) is 5.75 Å². The smallest absolute Gasteiger partial charge is 0.316 e.